The standard InChI is InChI=1S/C21H28F3NO3/c1-14-7-5-6-8-15(14)13-27-20(21(22,23)24)11-16-9-10-17(12-20)25(16)18(26)28-19(2,3)4/h5-8,16-17H,9-13H2,1-4H3. The van der Waals surface area contributed by atoms with Crippen LogP contribution in [0.3, 0.4) is 0 Å². The summed E-state index contributed by atoms with van der Waals surface area (Å²) in [4.78, 5) is 14.0. The number of ether oxygens (including phenoxy) is 2. The van der Waals surface area contributed by atoms with Gasteiger partial charge in [0.05, 0.1) is 6.61 Å². The first-order valence-corrected chi connectivity index (χ1v) is 9.68. The molecule has 2 aliphatic rings. The second-order valence-corrected chi connectivity index (χ2v) is 8.89. The number of alkyl halides is 3. The van der Waals surface area contributed by atoms with Crippen molar-refractivity contribution < 1.29 is 27.4 Å². The van der Waals surface area contributed by atoms with E-state index in [-0.39, 0.29) is 19.4 Å². The zero-order chi connectivity index (χ0) is 20.7. The molecule has 2 fully saturated rings. The molecule has 0 aliphatic carbocycles. The summed E-state index contributed by atoms with van der Waals surface area (Å²) in [5.41, 5.74) is -1.28. The third-order valence-electron chi connectivity index (χ3n) is 5.64. The number of hydrogen-bond donors (Lipinski definition) is 0. The van der Waals surface area contributed by atoms with E-state index in [9.17, 15) is 18.0 Å². The first-order chi connectivity index (χ1) is 12.9. The number of amides is 1. The number of rotatable bonds is 3. The van der Waals surface area contributed by atoms with Gasteiger partial charge in [0.2, 0.25) is 0 Å². The molecule has 2 aliphatic heterocycles. The molecule has 0 spiro atoms. The number of nitrogens with zero attached hydrogens (tertiary/aromatic N) is 1. The fraction of sp³-hybridized carbons (Fsp3) is 0.667. The average molecular weight is 399 g/mol. The molecule has 0 radical (unpaired) electrons. The number of carbonyl (C=O) groups is 1. The van der Waals surface area contributed by atoms with Gasteiger partial charge in [0, 0.05) is 24.9 Å². The summed E-state index contributed by atoms with van der Waals surface area (Å²) >= 11 is 0. The quantitative estimate of drug-likeness (QED) is 0.685. The second-order valence-electron chi connectivity index (χ2n) is 8.89. The third kappa shape index (κ3) is 4.14. The molecule has 156 valence electrons. The average Bonchev–Trinajstić information content (AvgIpc) is 2.83. The van der Waals surface area contributed by atoms with Gasteiger partial charge in [-0.15, -0.1) is 0 Å². The minimum atomic E-state index is -4.50. The monoisotopic (exact) mass is 399 g/mol. The highest BCUT2D eigenvalue weighted by Crippen LogP contribution is 2.50. The Morgan fingerprint density at radius 1 is 1.14 bits per heavy atom. The Bertz CT molecular complexity index is 712. The van der Waals surface area contributed by atoms with Gasteiger partial charge in [0.15, 0.2) is 5.60 Å². The van der Waals surface area contributed by atoms with Crippen LogP contribution in [0.1, 0.15) is 57.6 Å². The van der Waals surface area contributed by atoms with Crippen molar-refractivity contribution in [1.82, 2.24) is 4.90 Å². The fourth-order valence-electron chi connectivity index (χ4n) is 4.24. The molecule has 2 atom stereocenters. The summed E-state index contributed by atoms with van der Waals surface area (Å²) < 4.78 is 53.4. The van der Waals surface area contributed by atoms with Crippen molar-refractivity contribution in [3.05, 3.63) is 35.4 Å². The summed E-state index contributed by atoms with van der Waals surface area (Å²) in [6, 6.07) is 6.23. The Morgan fingerprint density at radius 3 is 2.21 bits per heavy atom. The van der Waals surface area contributed by atoms with E-state index in [1.54, 1.807) is 32.9 Å². The van der Waals surface area contributed by atoms with Gasteiger partial charge < -0.3 is 14.4 Å². The molecule has 1 amide bonds. The SMILES string of the molecule is Cc1ccccc1COC1(C(F)(F)F)CC2CCC(C1)N2C(=O)OC(C)(C)C. The predicted molar refractivity (Wildman–Crippen MR) is 98.9 cm³/mol. The third-order valence-corrected chi connectivity index (χ3v) is 5.64. The van der Waals surface area contributed by atoms with E-state index in [4.69, 9.17) is 9.47 Å². The van der Waals surface area contributed by atoms with Gasteiger partial charge in [0.25, 0.3) is 0 Å². The molecule has 2 saturated heterocycles. The Labute approximate surface area is 164 Å². The predicted octanol–water partition coefficient (Wildman–Crippen LogP) is 5.37. The molecule has 7 heteroatoms. The van der Waals surface area contributed by atoms with Crippen molar-refractivity contribution in [2.75, 3.05) is 0 Å². The van der Waals surface area contributed by atoms with E-state index >= 15 is 0 Å². The summed E-state index contributed by atoms with van der Waals surface area (Å²) in [5.74, 6) is 0. The largest absolute Gasteiger partial charge is 0.444 e. The van der Waals surface area contributed by atoms with Gasteiger partial charge in [-0.1, -0.05) is 24.3 Å². The van der Waals surface area contributed by atoms with Crippen molar-refractivity contribution in [2.45, 2.75) is 89.4 Å². The Kier molecular flexibility index (Phi) is 5.42. The van der Waals surface area contributed by atoms with Crippen LogP contribution in [0.2, 0.25) is 0 Å². The summed E-state index contributed by atoms with van der Waals surface area (Å²) in [6.45, 7) is 7.01. The molecular weight excluding hydrogens is 371 g/mol. The van der Waals surface area contributed by atoms with E-state index in [0.29, 0.717) is 12.8 Å². The molecule has 28 heavy (non-hydrogen) atoms. The van der Waals surface area contributed by atoms with Gasteiger partial charge in [-0.05, 0) is 51.7 Å². The number of aryl methyl sites for hydroxylation is 1. The minimum Gasteiger partial charge on any atom is -0.444 e. The second kappa shape index (κ2) is 7.25. The maximum absolute atomic E-state index is 14.1. The van der Waals surface area contributed by atoms with Crippen LogP contribution in [-0.4, -0.2) is 40.5 Å². The van der Waals surface area contributed by atoms with Crippen LogP contribution in [-0.2, 0) is 16.1 Å². The van der Waals surface area contributed by atoms with Crippen molar-refractivity contribution >= 4 is 6.09 Å². The van der Waals surface area contributed by atoms with Gasteiger partial charge in [0.1, 0.15) is 5.60 Å². The summed E-state index contributed by atoms with van der Waals surface area (Å²) in [6.07, 6.45) is -4.47. The van der Waals surface area contributed by atoms with Crippen LogP contribution in [0.5, 0.6) is 0 Å². The maximum atomic E-state index is 14.1. The van der Waals surface area contributed by atoms with Gasteiger partial charge >= 0.3 is 12.3 Å². The molecule has 1 aromatic rings. The highest BCUT2D eigenvalue weighted by atomic mass is 19.4. The van der Waals surface area contributed by atoms with Crippen LogP contribution < -0.4 is 0 Å². The van der Waals surface area contributed by atoms with E-state index < -0.39 is 35.6 Å². The van der Waals surface area contributed by atoms with Crippen molar-refractivity contribution in [3.63, 3.8) is 0 Å². The smallest absolute Gasteiger partial charge is 0.417 e. The molecule has 3 rings (SSSR count). The molecule has 0 saturated carbocycles. The van der Waals surface area contributed by atoms with Crippen LogP contribution >= 0.6 is 0 Å². The van der Waals surface area contributed by atoms with E-state index in [1.165, 1.54) is 4.90 Å². The van der Waals surface area contributed by atoms with Crippen LogP contribution in [0.15, 0.2) is 24.3 Å². The minimum absolute atomic E-state index is 0.0991. The lowest BCUT2D eigenvalue weighted by Crippen LogP contribution is -2.60. The zero-order valence-corrected chi connectivity index (χ0v) is 16.8. The fourth-order valence-corrected chi connectivity index (χ4v) is 4.24. The molecule has 1 aromatic carbocycles. The van der Waals surface area contributed by atoms with E-state index in [1.807, 2.05) is 19.1 Å². The van der Waals surface area contributed by atoms with Gasteiger partial charge in [-0.25, -0.2) is 4.79 Å². The lowest BCUT2D eigenvalue weighted by Gasteiger charge is -2.46. The first-order valence-electron chi connectivity index (χ1n) is 9.68. The number of hydrogen-bond acceptors (Lipinski definition) is 3. The number of fused-ring (bicyclic) bond motifs is 2. The summed E-state index contributed by atoms with van der Waals surface area (Å²) in [7, 11) is 0. The van der Waals surface area contributed by atoms with Crippen molar-refractivity contribution in [1.29, 1.82) is 0 Å². The Hall–Kier alpha value is -1.76. The molecule has 4 nitrogen and oxygen atoms in total. The lowest BCUT2D eigenvalue weighted by molar-refractivity contribution is -0.299. The molecule has 0 aromatic heterocycles. The number of benzene rings is 1. The molecule has 2 bridgehead atoms. The van der Waals surface area contributed by atoms with Gasteiger partial charge in [-0.3, -0.25) is 0 Å². The number of carbonyl (C=O) groups excluding carboxylic acids is 1. The van der Waals surface area contributed by atoms with Crippen LogP contribution in [0.25, 0.3) is 0 Å². The van der Waals surface area contributed by atoms with E-state index in [0.717, 1.165) is 11.1 Å². The maximum Gasteiger partial charge on any atom is 0.417 e. The Morgan fingerprint density at radius 2 is 1.71 bits per heavy atom. The first kappa shape index (κ1) is 21.0. The molecule has 0 N–H and O–H groups in total. The van der Waals surface area contributed by atoms with Crippen molar-refractivity contribution in [2.24, 2.45) is 0 Å². The van der Waals surface area contributed by atoms with E-state index in [2.05, 4.69) is 0 Å². The molecular formula is C21H28F3NO3. The van der Waals surface area contributed by atoms with Gasteiger partial charge in [-0.2, -0.15) is 13.2 Å². The highest BCUT2D eigenvalue weighted by molar-refractivity contribution is 5.69. The number of piperidine rings is 1. The summed E-state index contributed by atoms with van der Waals surface area (Å²) in [5, 5.41) is 0. The molecule has 2 unspecified atom stereocenters. The topological polar surface area (TPSA) is 38.8 Å². The zero-order valence-electron chi connectivity index (χ0n) is 16.8. The molecule has 2 heterocycles. The van der Waals surface area contributed by atoms with Crippen molar-refractivity contribution in [3.8, 4) is 0 Å². The highest BCUT2D eigenvalue weighted by Gasteiger charge is 2.63. The lowest BCUT2D eigenvalue weighted by atomic mass is 9.85. The Balaban J connectivity index is 1.79. The number of halogens is 3. The normalized spacial score (nSPS) is 27.8. The van der Waals surface area contributed by atoms with Crippen LogP contribution in [0, 0.1) is 6.92 Å². The van der Waals surface area contributed by atoms with Crippen LogP contribution in [0.4, 0.5) is 18.0 Å².